The second-order valence-electron chi connectivity index (χ2n) is 6.41. The average Bonchev–Trinajstić information content (AvgIpc) is 3.36. The normalized spacial score (nSPS) is 15.2. The number of aromatic amines is 1. The van der Waals surface area contributed by atoms with Crippen molar-refractivity contribution in [1.82, 2.24) is 14.8 Å². The van der Waals surface area contributed by atoms with Gasteiger partial charge in [0.2, 0.25) is 5.91 Å². The van der Waals surface area contributed by atoms with Gasteiger partial charge in [-0.1, -0.05) is 25.6 Å². The first-order chi connectivity index (χ1) is 12.0. The molecule has 7 nitrogen and oxygen atoms in total. The van der Waals surface area contributed by atoms with E-state index < -0.39 is 0 Å². The van der Waals surface area contributed by atoms with Gasteiger partial charge in [-0.15, -0.1) is 5.10 Å². The highest BCUT2D eigenvalue weighted by molar-refractivity contribution is 8.00. The van der Waals surface area contributed by atoms with Gasteiger partial charge in [-0.3, -0.25) is 9.36 Å². The Bertz CT molecular complexity index is 793. The van der Waals surface area contributed by atoms with E-state index in [1.807, 2.05) is 13.8 Å². The number of nitrogens with zero attached hydrogens (tertiary/aromatic N) is 2. The van der Waals surface area contributed by atoms with Crippen LogP contribution < -0.4 is 15.7 Å². The maximum Gasteiger partial charge on any atom is 0.344 e. The molecule has 0 spiro atoms. The molecule has 1 amide bonds. The summed E-state index contributed by atoms with van der Waals surface area (Å²) in [7, 11) is 1.60. The number of hydrogen-bond acceptors (Lipinski definition) is 5. The molecule has 0 aliphatic heterocycles. The SMILES string of the molecule is COc1ccc(NC(=O)[C@@H](Sc2n[nH]c(=O)n2C2CC2)C(C)C)cc1. The quantitative estimate of drug-likeness (QED) is 0.739. The van der Waals surface area contributed by atoms with Gasteiger partial charge in [-0.25, -0.2) is 9.89 Å². The summed E-state index contributed by atoms with van der Waals surface area (Å²) in [6, 6.07) is 7.41. The lowest BCUT2D eigenvalue weighted by Crippen LogP contribution is -2.30. The first kappa shape index (κ1) is 17.6. The molecule has 1 heterocycles. The Balaban J connectivity index is 1.74. The standard InChI is InChI=1S/C17H22N4O3S/c1-10(2)14(15(22)18-11-4-8-13(24-3)9-5-11)25-17-20-19-16(23)21(17)12-6-7-12/h4-5,8-10,12,14H,6-7H2,1-3H3,(H,18,22)(H,19,23)/t14-/m0/s1. The van der Waals surface area contributed by atoms with Crippen molar-refractivity contribution in [1.29, 1.82) is 0 Å². The second kappa shape index (κ2) is 7.35. The minimum absolute atomic E-state index is 0.0858. The topological polar surface area (TPSA) is 89.0 Å². The number of amides is 1. The fourth-order valence-electron chi connectivity index (χ4n) is 2.52. The molecule has 0 unspecified atom stereocenters. The molecule has 0 radical (unpaired) electrons. The van der Waals surface area contributed by atoms with Crippen LogP contribution in [0.1, 0.15) is 32.7 Å². The van der Waals surface area contributed by atoms with Gasteiger partial charge < -0.3 is 10.1 Å². The van der Waals surface area contributed by atoms with Crippen molar-refractivity contribution in [3.05, 3.63) is 34.7 Å². The first-order valence-corrected chi connectivity index (χ1v) is 9.16. The average molecular weight is 362 g/mol. The van der Waals surface area contributed by atoms with Crippen LogP contribution in [0.15, 0.2) is 34.2 Å². The van der Waals surface area contributed by atoms with Crippen LogP contribution in [0.2, 0.25) is 0 Å². The Hall–Kier alpha value is -2.22. The maximum absolute atomic E-state index is 12.7. The van der Waals surface area contributed by atoms with E-state index in [0.29, 0.717) is 10.8 Å². The molecular weight excluding hydrogens is 340 g/mol. The van der Waals surface area contributed by atoms with E-state index in [2.05, 4.69) is 15.5 Å². The van der Waals surface area contributed by atoms with E-state index in [0.717, 1.165) is 18.6 Å². The van der Waals surface area contributed by atoms with Crippen molar-refractivity contribution in [3.8, 4) is 5.75 Å². The molecule has 1 aromatic carbocycles. The van der Waals surface area contributed by atoms with Crippen LogP contribution in [0.5, 0.6) is 5.75 Å². The second-order valence-corrected chi connectivity index (χ2v) is 7.52. The summed E-state index contributed by atoms with van der Waals surface area (Å²) in [4.78, 5) is 24.6. The molecule has 2 N–H and O–H groups in total. The lowest BCUT2D eigenvalue weighted by molar-refractivity contribution is -0.116. The Morgan fingerprint density at radius 2 is 2.04 bits per heavy atom. The fraction of sp³-hybridized carbons (Fsp3) is 0.471. The van der Waals surface area contributed by atoms with Crippen molar-refractivity contribution in [2.75, 3.05) is 12.4 Å². The smallest absolute Gasteiger partial charge is 0.344 e. The van der Waals surface area contributed by atoms with E-state index in [4.69, 9.17) is 4.74 Å². The molecule has 8 heteroatoms. The van der Waals surface area contributed by atoms with Gasteiger partial charge in [0.25, 0.3) is 0 Å². The molecule has 1 aromatic heterocycles. The molecule has 1 aliphatic rings. The Morgan fingerprint density at radius 3 is 2.60 bits per heavy atom. The zero-order valence-corrected chi connectivity index (χ0v) is 15.3. The number of methoxy groups -OCH3 is 1. The third-order valence-corrected chi connectivity index (χ3v) is 5.55. The molecule has 0 bridgehead atoms. The van der Waals surface area contributed by atoms with E-state index >= 15 is 0 Å². The third-order valence-electron chi connectivity index (χ3n) is 4.04. The van der Waals surface area contributed by atoms with Crippen LogP contribution in [0.4, 0.5) is 5.69 Å². The highest BCUT2D eigenvalue weighted by atomic mass is 32.2. The van der Waals surface area contributed by atoms with Crippen molar-refractivity contribution in [2.24, 2.45) is 5.92 Å². The number of hydrogen-bond donors (Lipinski definition) is 2. The van der Waals surface area contributed by atoms with Crippen LogP contribution in [-0.2, 0) is 4.79 Å². The van der Waals surface area contributed by atoms with Gasteiger partial charge in [-0.2, -0.15) is 0 Å². The highest BCUT2D eigenvalue weighted by Gasteiger charge is 2.32. The maximum atomic E-state index is 12.7. The number of carbonyl (C=O) groups is 1. The minimum Gasteiger partial charge on any atom is -0.497 e. The van der Waals surface area contributed by atoms with Crippen molar-refractivity contribution in [2.45, 2.75) is 43.1 Å². The van der Waals surface area contributed by atoms with Crippen LogP contribution in [-0.4, -0.2) is 33.0 Å². The summed E-state index contributed by atoms with van der Waals surface area (Å²) in [5.74, 6) is 0.712. The van der Waals surface area contributed by atoms with Crippen molar-refractivity contribution < 1.29 is 9.53 Å². The number of anilines is 1. The highest BCUT2D eigenvalue weighted by Crippen LogP contribution is 2.37. The molecule has 1 aliphatic carbocycles. The van der Waals surface area contributed by atoms with Gasteiger partial charge in [-0.05, 0) is 43.0 Å². The first-order valence-electron chi connectivity index (χ1n) is 8.28. The minimum atomic E-state index is -0.352. The lowest BCUT2D eigenvalue weighted by atomic mass is 10.1. The molecule has 3 rings (SSSR count). The summed E-state index contributed by atoms with van der Waals surface area (Å²) < 4.78 is 6.79. The predicted molar refractivity (Wildman–Crippen MR) is 97.2 cm³/mol. The molecule has 1 fully saturated rings. The van der Waals surface area contributed by atoms with Gasteiger partial charge in [0, 0.05) is 11.7 Å². The Kier molecular flexibility index (Phi) is 5.17. The van der Waals surface area contributed by atoms with Gasteiger partial charge in [0.05, 0.1) is 12.4 Å². The lowest BCUT2D eigenvalue weighted by Gasteiger charge is -2.19. The zero-order valence-electron chi connectivity index (χ0n) is 14.5. The van der Waals surface area contributed by atoms with Crippen molar-refractivity contribution >= 4 is 23.4 Å². The molecular formula is C17H22N4O3S. The Morgan fingerprint density at radius 1 is 1.36 bits per heavy atom. The summed E-state index contributed by atoms with van der Waals surface area (Å²) in [5, 5.41) is 9.75. The summed E-state index contributed by atoms with van der Waals surface area (Å²) in [5.41, 5.74) is 0.502. The predicted octanol–water partition coefficient (Wildman–Crippen LogP) is 2.67. The number of ether oxygens (including phenoxy) is 1. The molecule has 0 saturated heterocycles. The number of nitrogens with one attached hydrogen (secondary N) is 2. The van der Waals surface area contributed by atoms with Crippen LogP contribution >= 0.6 is 11.8 Å². The number of benzene rings is 1. The molecule has 25 heavy (non-hydrogen) atoms. The summed E-state index contributed by atoms with van der Waals surface area (Å²) >= 11 is 1.33. The number of H-pyrrole nitrogens is 1. The van der Waals surface area contributed by atoms with Gasteiger partial charge in [0.1, 0.15) is 5.75 Å². The van der Waals surface area contributed by atoms with E-state index in [1.165, 1.54) is 11.8 Å². The number of rotatable bonds is 7. The van der Waals surface area contributed by atoms with E-state index in [1.54, 1.807) is 35.9 Å². The molecule has 134 valence electrons. The molecule has 1 saturated carbocycles. The summed E-state index contributed by atoms with van der Waals surface area (Å²) in [6.45, 7) is 3.97. The zero-order chi connectivity index (χ0) is 18.0. The third kappa shape index (κ3) is 4.07. The monoisotopic (exact) mass is 362 g/mol. The van der Waals surface area contributed by atoms with Crippen molar-refractivity contribution in [3.63, 3.8) is 0 Å². The van der Waals surface area contributed by atoms with Gasteiger partial charge >= 0.3 is 5.69 Å². The number of carbonyl (C=O) groups excluding carboxylic acids is 1. The fourth-order valence-corrected chi connectivity index (χ4v) is 3.63. The Labute approximate surface area is 150 Å². The molecule has 2 aromatic rings. The molecule has 1 atom stereocenters. The number of thioether (sulfide) groups is 1. The van der Waals surface area contributed by atoms with Crippen LogP contribution in [0.25, 0.3) is 0 Å². The van der Waals surface area contributed by atoms with Crippen LogP contribution in [0.3, 0.4) is 0 Å². The largest absolute Gasteiger partial charge is 0.497 e. The van der Waals surface area contributed by atoms with E-state index in [9.17, 15) is 9.59 Å². The van der Waals surface area contributed by atoms with Gasteiger partial charge in [0.15, 0.2) is 5.16 Å². The van der Waals surface area contributed by atoms with E-state index in [-0.39, 0.29) is 28.8 Å². The summed E-state index contributed by atoms with van der Waals surface area (Å²) in [6.07, 6.45) is 1.97. The van der Waals surface area contributed by atoms with Crippen LogP contribution in [0, 0.1) is 5.92 Å². The number of aromatic nitrogens is 3.